The number of benzene rings is 1. The first-order chi connectivity index (χ1) is 7.92. The molecule has 17 heavy (non-hydrogen) atoms. The van der Waals surface area contributed by atoms with Crippen molar-refractivity contribution in [1.29, 1.82) is 0 Å². The molecule has 2 N–H and O–H groups in total. The molecule has 0 amide bonds. The van der Waals surface area contributed by atoms with Crippen LogP contribution in [0.3, 0.4) is 0 Å². The molecule has 0 saturated carbocycles. The van der Waals surface area contributed by atoms with Gasteiger partial charge in [0.1, 0.15) is 0 Å². The predicted octanol–water partition coefficient (Wildman–Crippen LogP) is 3.42. The van der Waals surface area contributed by atoms with Gasteiger partial charge in [-0.15, -0.1) is 11.8 Å². The van der Waals surface area contributed by atoms with E-state index in [9.17, 15) is 0 Å². The van der Waals surface area contributed by atoms with Crippen molar-refractivity contribution in [2.45, 2.75) is 37.8 Å². The molecule has 0 spiro atoms. The number of rotatable bonds is 5. The SMILES string of the molecule is CC(C)(C)NCc1ccc(SCCO)cc1Br. The van der Waals surface area contributed by atoms with Gasteiger partial charge in [-0.05, 0) is 38.5 Å². The quantitative estimate of drug-likeness (QED) is 0.816. The highest BCUT2D eigenvalue weighted by Gasteiger charge is 2.10. The van der Waals surface area contributed by atoms with E-state index in [1.807, 2.05) is 0 Å². The molecule has 96 valence electrons. The van der Waals surface area contributed by atoms with Crippen LogP contribution in [0.15, 0.2) is 27.6 Å². The van der Waals surface area contributed by atoms with E-state index in [1.165, 1.54) is 10.5 Å². The van der Waals surface area contributed by atoms with Crippen LogP contribution in [0, 0.1) is 0 Å². The van der Waals surface area contributed by atoms with Gasteiger partial charge in [-0.25, -0.2) is 0 Å². The Kier molecular flexibility index (Phi) is 6.00. The number of hydrogen-bond donors (Lipinski definition) is 2. The predicted molar refractivity (Wildman–Crippen MR) is 78.5 cm³/mol. The van der Waals surface area contributed by atoms with Crippen molar-refractivity contribution in [2.24, 2.45) is 0 Å². The summed E-state index contributed by atoms with van der Waals surface area (Å²) in [7, 11) is 0. The van der Waals surface area contributed by atoms with Crippen LogP contribution in [-0.4, -0.2) is 23.0 Å². The highest BCUT2D eigenvalue weighted by Crippen LogP contribution is 2.25. The first-order valence-electron chi connectivity index (χ1n) is 5.69. The lowest BCUT2D eigenvalue weighted by Gasteiger charge is -2.21. The third-order valence-corrected chi connectivity index (χ3v) is 3.91. The van der Waals surface area contributed by atoms with Crippen molar-refractivity contribution in [3.8, 4) is 0 Å². The molecule has 0 unspecified atom stereocenters. The zero-order valence-electron chi connectivity index (χ0n) is 10.6. The summed E-state index contributed by atoms with van der Waals surface area (Å²) < 4.78 is 1.12. The number of thioether (sulfide) groups is 1. The fraction of sp³-hybridized carbons (Fsp3) is 0.538. The summed E-state index contributed by atoms with van der Waals surface area (Å²) in [6.45, 7) is 7.55. The van der Waals surface area contributed by atoms with Gasteiger partial charge in [0.2, 0.25) is 0 Å². The molecule has 0 atom stereocenters. The molecule has 0 aliphatic carbocycles. The number of halogens is 1. The Morgan fingerprint density at radius 1 is 1.35 bits per heavy atom. The third kappa shape index (κ3) is 5.91. The van der Waals surface area contributed by atoms with E-state index in [0.29, 0.717) is 0 Å². The second-order valence-corrected chi connectivity index (χ2v) is 6.95. The molecule has 0 radical (unpaired) electrons. The molecular weight excluding hydrogens is 298 g/mol. The van der Waals surface area contributed by atoms with E-state index in [-0.39, 0.29) is 12.1 Å². The largest absolute Gasteiger partial charge is 0.396 e. The van der Waals surface area contributed by atoms with Crippen LogP contribution in [0.25, 0.3) is 0 Å². The monoisotopic (exact) mass is 317 g/mol. The Balaban J connectivity index is 2.63. The van der Waals surface area contributed by atoms with Gasteiger partial charge in [-0.3, -0.25) is 0 Å². The molecule has 0 aromatic heterocycles. The standard InChI is InChI=1S/C13H20BrNOS/c1-13(2,3)15-9-10-4-5-11(8-12(10)14)17-7-6-16/h4-5,8,15-16H,6-7,9H2,1-3H3. The normalized spacial score (nSPS) is 11.8. The minimum absolute atomic E-state index is 0.129. The second-order valence-electron chi connectivity index (χ2n) is 4.93. The summed E-state index contributed by atoms with van der Waals surface area (Å²) in [5.74, 6) is 0.742. The van der Waals surface area contributed by atoms with E-state index >= 15 is 0 Å². The molecule has 0 aliphatic heterocycles. The van der Waals surface area contributed by atoms with Crippen molar-refractivity contribution in [3.05, 3.63) is 28.2 Å². The highest BCUT2D eigenvalue weighted by atomic mass is 79.9. The van der Waals surface area contributed by atoms with Gasteiger partial charge in [0.25, 0.3) is 0 Å². The Morgan fingerprint density at radius 3 is 2.59 bits per heavy atom. The minimum Gasteiger partial charge on any atom is -0.396 e. The summed E-state index contributed by atoms with van der Waals surface area (Å²) in [6.07, 6.45) is 0. The number of aliphatic hydroxyl groups is 1. The van der Waals surface area contributed by atoms with Crippen LogP contribution in [0.1, 0.15) is 26.3 Å². The molecule has 1 rings (SSSR count). The lowest BCUT2D eigenvalue weighted by molar-refractivity contribution is 0.322. The molecule has 0 heterocycles. The summed E-state index contributed by atoms with van der Waals surface area (Å²) in [4.78, 5) is 1.19. The van der Waals surface area contributed by atoms with Gasteiger partial charge in [0.15, 0.2) is 0 Å². The van der Waals surface area contributed by atoms with E-state index in [1.54, 1.807) is 11.8 Å². The summed E-state index contributed by atoms with van der Waals surface area (Å²) >= 11 is 5.26. The molecule has 0 bridgehead atoms. The first kappa shape index (κ1) is 15.0. The number of aliphatic hydroxyl groups excluding tert-OH is 1. The fourth-order valence-electron chi connectivity index (χ4n) is 1.29. The fourth-order valence-corrected chi connectivity index (χ4v) is 2.65. The molecule has 1 aromatic carbocycles. The van der Waals surface area contributed by atoms with Gasteiger partial charge in [0.05, 0.1) is 6.61 Å². The van der Waals surface area contributed by atoms with Gasteiger partial charge in [-0.2, -0.15) is 0 Å². The molecule has 2 nitrogen and oxygen atoms in total. The van der Waals surface area contributed by atoms with Crippen LogP contribution in [0.2, 0.25) is 0 Å². The first-order valence-corrected chi connectivity index (χ1v) is 7.47. The van der Waals surface area contributed by atoms with Crippen molar-refractivity contribution in [2.75, 3.05) is 12.4 Å². The average molecular weight is 318 g/mol. The zero-order valence-corrected chi connectivity index (χ0v) is 13.0. The van der Waals surface area contributed by atoms with Gasteiger partial charge in [-0.1, -0.05) is 22.0 Å². The molecule has 0 fully saturated rings. The highest BCUT2D eigenvalue weighted by molar-refractivity contribution is 9.10. The number of nitrogens with one attached hydrogen (secondary N) is 1. The van der Waals surface area contributed by atoms with Gasteiger partial charge >= 0.3 is 0 Å². The van der Waals surface area contributed by atoms with Gasteiger partial charge < -0.3 is 10.4 Å². The maximum atomic E-state index is 8.78. The van der Waals surface area contributed by atoms with E-state index in [2.05, 4.69) is 60.2 Å². The summed E-state index contributed by atoms with van der Waals surface area (Å²) in [5.41, 5.74) is 1.39. The molecule has 4 heteroatoms. The molecule has 0 saturated heterocycles. The minimum atomic E-state index is 0.129. The van der Waals surface area contributed by atoms with E-state index in [4.69, 9.17) is 5.11 Å². The van der Waals surface area contributed by atoms with Crippen LogP contribution in [0.5, 0.6) is 0 Å². The van der Waals surface area contributed by atoms with Crippen molar-refractivity contribution in [1.82, 2.24) is 5.32 Å². The molecule has 0 aliphatic rings. The topological polar surface area (TPSA) is 32.3 Å². The second kappa shape index (κ2) is 6.78. The van der Waals surface area contributed by atoms with Crippen LogP contribution in [-0.2, 0) is 6.54 Å². The maximum absolute atomic E-state index is 8.78. The lowest BCUT2D eigenvalue weighted by atomic mass is 10.1. The lowest BCUT2D eigenvalue weighted by Crippen LogP contribution is -2.35. The Labute approximate surface area is 116 Å². The average Bonchev–Trinajstić information content (AvgIpc) is 2.23. The smallest absolute Gasteiger partial charge is 0.0525 e. The Bertz CT molecular complexity index is 363. The summed E-state index contributed by atoms with van der Waals surface area (Å²) in [5, 5.41) is 12.2. The van der Waals surface area contributed by atoms with Crippen molar-refractivity contribution < 1.29 is 5.11 Å². The summed E-state index contributed by atoms with van der Waals surface area (Å²) in [6, 6.07) is 6.34. The van der Waals surface area contributed by atoms with Crippen LogP contribution < -0.4 is 5.32 Å². The van der Waals surface area contributed by atoms with Crippen molar-refractivity contribution >= 4 is 27.7 Å². The third-order valence-electron chi connectivity index (χ3n) is 2.19. The number of hydrogen-bond acceptors (Lipinski definition) is 3. The van der Waals surface area contributed by atoms with Crippen LogP contribution in [0.4, 0.5) is 0 Å². The van der Waals surface area contributed by atoms with Gasteiger partial charge in [0, 0.05) is 27.2 Å². The Hall–Kier alpha value is -0.0300. The molecular formula is C13H20BrNOS. The molecule has 1 aromatic rings. The zero-order chi connectivity index (χ0) is 12.9. The van der Waals surface area contributed by atoms with E-state index in [0.717, 1.165) is 16.8 Å². The van der Waals surface area contributed by atoms with Crippen molar-refractivity contribution in [3.63, 3.8) is 0 Å². The maximum Gasteiger partial charge on any atom is 0.0525 e. The van der Waals surface area contributed by atoms with E-state index < -0.39 is 0 Å². The van der Waals surface area contributed by atoms with Crippen LogP contribution >= 0.6 is 27.7 Å². The Morgan fingerprint density at radius 2 is 2.06 bits per heavy atom.